The molecule has 1 aromatic carbocycles. The number of alkyl halides is 2. The van der Waals surface area contributed by atoms with Crippen LogP contribution >= 0.6 is 0 Å². The number of halogens is 2. The third kappa shape index (κ3) is 3.90. The number of benzene rings is 1. The summed E-state index contributed by atoms with van der Waals surface area (Å²) >= 11 is 0. The number of hydrogen-bond acceptors (Lipinski definition) is 2. The highest BCUT2D eigenvalue weighted by atomic mass is 19.3. The van der Waals surface area contributed by atoms with E-state index in [1.807, 2.05) is 12.1 Å². The minimum absolute atomic E-state index is 0.210. The molecule has 3 atom stereocenters. The number of rotatable bonds is 5. The van der Waals surface area contributed by atoms with E-state index in [2.05, 4.69) is 23.9 Å². The molecule has 106 valence electrons. The summed E-state index contributed by atoms with van der Waals surface area (Å²) in [7, 11) is 0. The first-order chi connectivity index (χ1) is 9.06. The first-order valence-corrected chi connectivity index (χ1v) is 6.83. The van der Waals surface area contributed by atoms with Gasteiger partial charge in [-0.1, -0.05) is 26.0 Å². The van der Waals surface area contributed by atoms with Crippen molar-refractivity contribution >= 4 is 0 Å². The van der Waals surface area contributed by atoms with E-state index >= 15 is 0 Å². The second-order valence-corrected chi connectivity index (χ2v) is 5.42. The van der Waals surface area contributed by atoms with Crippen molar-refractivity contribution in [2.24, 2.45) is 11.8 Å². The van der Waals surface area contributed by atoms with Gasteiger partial charge in [-0.15, -0.1) is 0 Å². The molecule has 2 nitrogen and oxygen atoms in total. The molecule has 1 aromatic rings. The Hall–Kier alpha value is -1.16. The zero-order valence-corrected chi connectivity index (χ0v) is 11.4. The van der Waals surface area contributed by atoms with Gasteiger partial charge in [0.2, 0.25) is 0 Å². The van der Waals surface area contributed by atoms with Gasteiger partial charge in [-0.2, -0.15) is 8.78 Å². The summed E-state index contributed by atoms with van der Waals surface area (Å²) in [4.78, 5) is 0. The quantitative estimate of drug-likeness (QED) is 0.877. The monoisotopic (exact) mass is 269 g/mol. The van der Waals surface area contributed by atoms with Gasteiger partial charge in [0.1, 0.15) is 5.75 Å². The second kappa shape index (κ2) is 6.33. The van der Waals surface area contributed by atoms with E-state index < -0.39 is 6.61 Å². The highest BCUT2D eigenvalue weighted by Gasteiger charge is 2.28. The smallest absolute Gasteiger partial charge is 0.387 e. The normalized spacial score (nSPS) is 26.9. The molecular formula is C15H21F2NO. The average molecular weight is 269 g/mol. The molecule has 0 aliphatic heterocycles. The molecule has 4 heteroatoms. The molecule has 1 N–H and O–H groups in total. The van der Waals surface area contributed by atoms with Crippen molar-refractivity contribution in [2.45, 2.75) is 45.9 Å². The topological polar surface area (TPSA) is 21.3 Å². The fourth-order valence-electron chi connectivity index (χ4n) is 2.69. The summed E-state index contributed by atoms with van der Waals surface area (Å²) in [5.74, 6) is 1.68. The summed E-state index contributed by atoms with van der Waals surface area (Å²) in [5.41, 5.74) is 1.09. The number of hydrogen-bond donors (Lipinski definition) is 1. The van der Waals surface area contributed by atoms with Crippen molar-refractivity contribution in [1.29, 1.82) is 0 Å². The Morgan fingerprint density at radius 2 is 1.89 bits per heavy atom. The lowest BCUT2D eigenvalue weighted by atomic mass is 9.98. The molecule has 3 unspecified atom stereocenters. The SMILES string of the molecule is CC1CCC(NCc2ccc(OC(F)F)cc2)C1C. The number of nitrogens with one attached hydrogen (secondary N) is 1. The van der Waals surface area contributed by atoms with Crippen molar-refractivity contribution < 1.29 is 13.5 Å². The van der Waals surface area contributed by atoms with Crippen LogP contribution < -0.4 is 10.1 Å². The molecule has 19 heavy (non-hydrogen) atoms. The Labute approximate surface area is 113 Å². The van der Waals surface area contributed by atoms with Crippen LogP contribution in [-0.2, 0) is 6.54 Å². The Bertz CT molecular complexity index is 394. The molecule has 0 amide bonds. The summed E-state index contributed by atoms with van der Waals surface area (Å²) < 4.78 is 28.4. The summed E-state index contributed by atoms with van der Waals surface area (Å²) in [5, 5.41) is 3.55. The Morgan fingerprint density at radius 1 is 1.21 bits per heavy atom. The standard InChI is InChI=1S/C15H21F2NO/c1-10-3-8-14(11(10)2)18-9-12-4-6-13(7-5-12)19-15(16)17/h4-7,10-11,14-15,18H,3,8-9H2,1-2H3. The lowest BCUT2D eigenvalue weighted by molar-refractivity contribution is -0.0498. The average Bonchev–Trinajstić information content (AvgIpc) is 2.69. The van der Waals surface area contributed by atoms with Crippen LogP contribution in [0.25, 0.3) is 0 Å². The van der Waals surface area contributed by atoms with Crippen LogP contribution in [0.3, 0.4) is 0 Å². The molecule has 1 aliphatic carbocycles. The molecule has 0 saturated heterocycles. The van der Waals surface area contributed by atoms with E-state index in [-0.39, 0.29) is 5.75 Å². The maximum absolute atomic E-state index is 12.0. The first kappa shape index (κ1) is 14.3. The van der Waals surface area contributed by atoms with Gasteiger partial charge in [-0.05, 0) is 42.4 Å². The van der Waals surface area contributed by atoms with Crippen molar-refractivity contribution in [3.05, 3.63) is 29.8 Å². The fourth-order valence-corrected chi connectivity index (χ4v) is 2.69. The van der Waals surface area contributed by atoms with Gasteiger partial charge in [0.15, 0.2) is 0 Å². The summed E-state index contributed by atoms with van der Waals surface area (Å²) in [6, 6.07) is 7.39. The van der Waals surface area contributed by atoms with Gasteiger partial charge < -0.3 is 10.1 Å². The summed E-state index contributed by atoms with van der Waals surface area (Å²) in [6.45, 7) is 2.60. The fraction of sp³-hybridized carbons (Fsp3) is 0.600. The maximum Gasteiger partial charge on any atom is 0.387 e. The van der Waals surface area contributed by atoms with E-state index in [9.17, 15) is 8.78 Å². The van der Waals surface area contributed by atoms with Crippen LogP contribution in [0.1, 0.15) is 32.3 Å². The number of ether oxygens (including phenoxy) is 1. The largest absolute Gasteiger partial charge is 0.435 e. The second-order valence-electron chi connectivity index (χ2n) is 5.42. The highest BCUT2D eigenvalue weighted by Crippen LogP contribution is 2.31. The lowest BCUT2D eigenvalue weighted by Gasteiger charge is -2.19. The molecule has 1 aliphatic rings. The van der Waals surface area contributed by atoms with E-state index in [1.54, 1.807) is 12.1 Å². The van der Waals surface area contributed by atoms with Gasteiger partial charge in [0, 0.05) is 12.6 Å². The van der Waals surface area contributed by atoms with Crippen LogP contribution in [0.2, 0.25) is 0 Å². The minimum Gasteiger partial charge on any atom is -0.435 e. The minimum atomic E-state index is -2.76. The van der Waals surface area contributed by atoms with Crippen LogP contribution in [-0.4, -0.2) is 12.7 Å². The van der Waals surface area contributed by atoms with Gasteiger partial charge in [-0.25, -0.2) is 0 Å². The van der Waals surface area contributed by atoms with Crippen molar-refractivity contribution in [1.82, 2.24) is 5.32 Å². The van der Waals surface area contributed by atoms with E-state index in [1.165, 1.54) is 12.8 Å². The zero-order chi connectivity index (χ0) is 13.8. The molecule has 0 bridgehead atoms. The van der Waals surface area contributed by atoms with Gasteiger partial charge >= 0.3 is 6.61 Å². The van der Waals surface area contributed by atoms with Crippen molar-refractivity contribution in [3.63, 3.8) is 0 Å². The van der Waals surface area contributed by atoms with Gasteiger partial charge in [0.05, 0.1) is 0 Å². The van der Waals surface area contributed by atoms with Gasteiger partial charge in [-0.3, -0.25) is 0 Å². The Morgan fingerprint density at radius 3 is 2.42 bits per heavy atom. The molecule has 0 spiro atoms. The molecule has 0 radical (unpaired) electrons. The van der Waals surface area contributed by atoms with Gasteiger partial charge in [0.25, 0.3) is 0 Å². The maximum atomic E-state index is 12.0. The van der Waals surface area contributed by atoms with Crippen LogP contribution in [0.4, 0.5) is 8.78 Å². The molecule has 2 rings (SSSR count). The molecule has 0 aromatic heterocycles. The molecule has 0 heterocycles. The predicted octanol–water partition coefficient (Wildman–Crippen LogP) is 3.81. The Balaban J connectivity index is 1.83. The summed E-state index contributed by atoms with van der Waals surface area (Å²) in [6.07, 6.45) is 2.49. The van der Waals surface area contributed by atoms with E-state index in [0.717, 1.165) is 18.0 Å². The predicted molar refractivity (Wildman–Crippen MR) is 71.3 cm³/mol. The molecule has 1 saturated carbocycles. The lowest BCUT2D eigenvalue weighted by Crippen LogP contribution is -2.31. The van der Waals surface area contributed by atoms with E-state index in [0.29, 0.717) is 12.0 Å². The third-order valence-electron chi connectivity index (χ3n) is 4.18. The molecule has 1 fully saturated rings. The third-order valence-corrected chi connectivity index (χ3v) is 4.18. The van der Waals surface area contributed by atoms with Crippen LogP contribution in [0, 0.1) is 11.8 Å². The van der Waals surface area contributed by atoms with Crippen LogP contribution in [0.5, 0.6) is 5.75 Å². The van der Waals surface area contributed by atoms with E-state index in [4.69, 9.17) is 0 Å². The Kier molecular flexibility index (Phi) is 4.75. The zero-order valence-electron chi connectivity index (χ0n) is 11.4. The first-order valence-electron chi connectivity index (χ1n) is 6.83. The van der Waals surface area contributed by atoms with Crippen LogP contribution in [0.15, 0.2) is 24.3 Å². The molecular weight excluding hydrogens is 248 g/mol. The van der Waals surface area contributed by atoms with Crippen molar-refractivity contribution in [3.8, 4) is 5.75 Å². The highest BCUT2D eigenvalue weighted by molar-refractivity contribution is 5.27. The van der Waals surface area contributed by atoms with Crippen molar-refractivity contribution in [2.75, 3.05) is 0 Å².